The van der Waals surface area contributed by atoms with Crippen molar-refractivity contribution >= 4 is 30.2 Å². The van der Waals surface area contributed by atoms with Gasteiger partial charge in [-0.2, -0.15) is 9.97 Å². The first-order valence-corrected chi connectivity index (χ1v) is 21.0. The van der Waals surface area contributed by atoms with E-state index in [-0.39, 0.29) is 36.5 Å². The maximum Gasteiger partial charge on any atom is 0.410 e. The van der Waals surface area contributed by atoms with Crippen molar-refractivity contribution in [2.24, 2.45) is 11.8 Å². The van der Waals surface area contributed by atoms with Gasteiger partial charge in [0, 0.05) is 45.8 Å². The second kappa shape index (κ2) is 22.2. The standard InChI is InChI=1S/C12H19N3O3.C12H21NO4.C10H17NO4.C7H11N3O/c1-8-13-10(18-14-8)9-5-6-15(7-9)11(16)17-12(2,3)4;1-5-16-10(14)9-6-7-13(8-9)11(15)17-12(2,3)4;1-10(2,3)15-9(14)11-5-4-7(6-11)8(12)13;1-5-9-7(11-10-5)6-2-3-8-4-6/h9H,5-7H2,1-4H3;9H,5-8H2,1-4H3;7H,4-6H2,1-3H3,(H,12,13);6,8H,2-4H2,1H3. The van der Waals surface area contributed by atoms with Gasteiger partial charge in [0.25, 0.3) is 0 Å². The Hall–Kier alpha value is -5.01. The molecule has 0 spiro atoms. The van der Waals surface area contributed by atoms with Crippen LogP contribution in [0.1, 0.15) is 130 Å². The number of hydrogen-bond acceptors (Lipinski definition) is 16. The van der Waals surface area contributed by atoms with Crippen LogP contribution in [0.2, 0.25) is 0 Å². The number of aryl methyl sites for hydroxylation is 2. The molecule has 61 heavy (non-hydrogen) atoms. The van der Waals surface area contributed by atoms with Crippen LogP contribution < -0.4 is 5.32 Å². The van der Waals surface area contributed by atoms with E-state index in [0.717, 1.165) is 37.6 Å². The smallest absolute Gasteiger partial charge is 0.410 e. The number of aromatic nitrogens is 4. The molecular formula is C41H68N8O12. The van der Waals surface area contributed by atoms with Gasteiger partial charge in [0.05, 0.1) is 30.3 Å². The van der Waals surface area contributed by atoms with Crippen LogP contribution in [-0.4, -0.2) is 146 Å². The first-order chi connectivity index (χ1) is 28.3. The van der Waals surface area contributed by atoms with Crippen molar-refractivity contribution in [3.05, 3.63) is 23.4 Å². The van der Waals surface area contributed by atoms with E-state index in [2.05, 4.69) is 25.6 Å². The fraction of sp³-hybridized carbons (Fsp3) is 0.780. The molecule has 6 rings (SSSR count). The lowest BCUT2D eigenvalue weighted by molar-refractivity contribution is -0.147. The second-order valence-corrected chi connectivity index (χ2v) is 18.4. The Morgan fingerprint density at radius 3 is 1.46 bits per heavy atom. The molecule has 2 aromatic heterocycles. The number of likely N-dealkylation sites (tertiary alicyclic amines) is 3. The number of nitrogens with zero attached hydrogens (tertiary/aromatic N) is 7. The molecule has 20 nitrogen and oxygen atoms in total. The molecule has 0 radical (unpaired) electrons. The molecule has 4 aliphatic heterocycles. The Morgan fingerprint density at radius 1 is 0.656 bits per heavy atom. The predicted molar refractivity (Wildman–Crippen MR) is 220 cm³/mol. The van der Waals surface area contributed by atoms with Gasteiger partial charge in [-0.15, -0.1) is 0 Å². The minimum atomic E-state index is -0.846. The van der Waals surface area contributed by atoms with Crippen LogP contribution >= 0.6 is 0 Å². The molecule has 2 aromatic rings. The van der Waals surface area contributed by atoms with E-state index in [9.17, 15) is 24.0 Å². The first-order valence-electron chi connectivity index (χ1n) is 21.0. The normalized spacial score (nSPS) is 21.3. The van der Waals surface area contributed by atoms with E-state index >= 15 is 0 Å². The number of hydrogen-bond donors (Lipinski definition) is 2. The monoisotopic (exact) mass is 864 g/mol. The van der Waals surface area contributed by atoms with Gasteiger partial charge in [0.1, 0.15) is 16.8 Å². The summed E-state index contributed by atoms with van der Waals surface area (Å²) in [4.78, 5) is 70.4. The summed E-state index contributed by atoms with van der Waals surface area (Å²) in [6.45, 7) is 27.1. The lowest BCUT2D eigenvalue weighted by atomic mass is 10.1. The molecule has 4 atom stereocenters. The molecule has 2 N–H and O–H groups in total. The van der Waals surface area contributed by atoms with Crippen LogP contribution in [0.25, 0.3) is 0 Å². The Kier molecular flexibility index (Phi) is 18.3. The molecule has 4 saturated heterocycles. The van der Waals surface area contributed by atoms with E-state index < -0.39 is 34.8 Å². The molecule has 344 valence electrons. The molecular weight excluding hydrogens is 796 g/mol. The zero-order chi connectivity index (χ0) is 45.7. The summed E-state index contributed by atoms with van der Waals surface area (Å²) in [6, 6.07) is 0. The molecule has 20 heteroatoms. The van der Waals surface area contributed by atoms with Crippen molar-refractivity contribution in [3.63, 3.8) is 0 Å². The van der Waals surface area contributed by atoms with Crippen LogP contribution in [0.15, 0.2) is 9.05 Å². The average Bonchev–Trinajstić information content (AvgIpc) is 3.99. The number of ether oxygens (including phenoxy) is 4. The number of aliphatic carboxylic acids is 1. The number of nitrogens with one attached hydrogen (secondary N) is 1. The average molecular weight is 865 g/mol. The van der Waals surface area contributed by atoms with Gasteiger partial charge in [-0.3, -0.25) is 9.59 Å². The minimum absolute atomic E-state index is 0.124. The highest BCUT2D eigenvalue weighted by atomic mass is 16.6. The summed E-state index contributed by atoms with van der Waals surface area (Å²) < 4.78 is 30.8. The van der Waals surface area contributed by atoms with Crippen LogP contribution in [-0.2, 0) is 28.5 Å². The summed E-state index contributed by atoms with van der Waals surface area (Å²) >= 11 is 0. The molecule has 6 heterocycles. The Bertz CT molecular complexity index is 1740. The lowest BCUT2D eigenvalue weighted by Gasteiger charge is -2.24. The Morgan fingerprint density at radius 2 is 1.08 bits per heavy atom. The third-order valence-electron chi connectivity index (χ3n) is 9.33. The third kappa shape index (κ3) is 17.9. The van der Waals surface area contributed by atoms with E-state index in [0.29, 0.717) is 69.8 Å². The van der Waals surface area contributed by atoms with Gasteiger partial charge < -0.3 is 53.1 Å². The third-order valence-corrected chi connectivity index (χ3v) is 9.33. The zero-order valence-electron chi connectivity index (χ0n) is 38.1. The number of rotatable bonds is 5. The number of carbonyl (C=O) groups is 5. The molecule has 4 fully saturated rings. The predicted octanol–water partition coefficient (Wildman–Crippen LogP) is 5.69. The Balaban J connectivity index is 0.000000220. The first kappa shape index (κ1) is 50.3. The number of amides is 3. The van der Waals surface area contributed by atoms with Crippen molar-refractivity contribution in [2.75, 3.05) is 59.0 Å². The Labute approximate surface area is 358 Å². The quantitative estimate of drug-likeness (QED) is 0.271. The summed E-state index contributed by atoms with van der Waals surface area (Å²) in [5.41, 5.74) is -1.49. The summed E-state index contributed by atoms with van der Waals surface area (Å²) in [5, 5.41) is 19.5. The molecule has 4 unspecified atom stereocenters. The minimum Gasteiger partial charge on any atom is -0.481 e. The molecule has 0 bridgehead atoms. The van der Waals surface area contributed by atoms with E-state index in [1.165, 1.54) is 4.90 Å². The maximum absolute atomic E-state index is 11.9. The van der Waals surface area contributed by atoms with Gasteiger partial charge in [-0.1, -0.05) is 10.3 Å². The maximum atomic E-state index is 11.9. The molecule has 0 aromatic carbocycles. The molecule has 0 aliphatic carbocycles. The lowest BCUT2D eigenvalue weighted by Crippen LogP contribution is -2.36. The fourth-order valence-corrected chi connectivity index (χ4v) is 6.44. The van der Waals surface area contributed by atoms with Crippen molar-refractivity contribution in [1.29, 1.82) is 0 Å². The highest BCUT2D eigenvalue weighted by molar-refractivity contribution is 5.76. The highest BCUT2D eigenvalue weighted by Crippen LogP contribution is 2.27. The summed E-state index contributed by atoms with van der Waals surface area (Å²) in [5.74, 6) is 1.59. The van der Waals surface area contributed by atoms with E-state index in [1.54, 1.807) is 44.4 Å². The van der Waals surface area contributed by atoms with Crippen LogP contribution in [0.3, 0.4) is 0 Å². The molecule has 0 saturated carbocycles. The summed E-state index contributed by atoms with van der Waals surface area (Å²) in [7, 11) is 0. The number of esters is 1. The number of carbonyl (C=O) groups excluding carboxylic acids is 4. The van der Waals surface area contributed by atoms with Crippen molar-refractivity contribution in [2.45, 2.75) is 137 Å². The van der Waals surface area contributed by atoms with Gasteiger partial charge in [0.2, 0.25) is 11.8 Å². The van der Waals surface area contributed by atoms with Crippen molar-refractivity contribution < 1.29 is 57.1 Å². The van der Waals surface area contributed by atoms with Crippen LogP contribution in [0.4, 0.5) is 14.4 Å². The van der Waals surface area contributed by atoms with Crippen molar-refractivity contribution in [3.8, 4) is 0 Å². The summed E-state index contributed by atoms with van der Waals surface area (Å²) in [6.07, 6.45) is 2.05. The van der Waals surface area contributed by atoms with E-state index in [1.807, 2.05) is 48.5 Å². The largest absolute Gasteiger partial charge is 0.481 e. The van der Waals surface area contributed by atoms with Crippen molar-refractivity contribution in [1.82, 2.24) is 40.3 Å². The second-order valence-electron chi connectivity index (χ2n) is 18.4. The highest BCUT2D eigenvalue weighted by Gasteiger charge is 2.36. The van der Waals surface area contributed by atoms with Gasteiger partial charge >= 0.3 is 30.2 Å². The van der Waals surface area contributed by atoms with E-state index in [4.69, 9.17) is 33.1 Å². The van der Waals surface area contributed by atoms with Gasteiger partial charge in [0.15, 0.2) is 11.6 Å². The van der Waals surface area contributed by atoms with Crippen LogP contribution in [0, 0.1) is 25.7 Å². The van der Waals surface area contributed by atoms with Crippen LogP contribution in [0.5, 0.6) is 0 Å². The fourth-order valence-electron chi connectivity index (χ4n) is 6.44. The van der Waals surface area contributed by atoms with Gasteiger partial charge in [-0.25, -0.2) is 14.4 Å². The number of carboxylic acids is 1. The molecule has 4 aliphatic rings. The topological polar surface area (TPSA) is 242 Å². The SMILES string of the molecule is CC(C)(C)OC(=O)N1CCC(C(=O)O)C1.CCOC(=O)C1CCN(C(=O)OC(C)(C)C)C1.Cc1noc(C2CCN(C(=O)OC(C)(C)C)C2)n1.Cc1noc(C2CCNC2)n1. The number of carboxylic acid groups (broad SMARTS) is 1. The zero-order valence-corrected chi connectivity index (χ0v) is 38.1. The van der Waals surface area contributed by atoms with Gasteiger partial charge in [-0.05, 0) is 115 Å². The molecule has 3 amide bonds.